The van der Waals surface area contributed by atoms with Crippen LogP contribution >= 0.6 is 0 Å². The Labute approximate surface area is 71.8 Å². The second-order valence-corrected chi connectivity index (χ2v) is 2.90. The molecule has 62 valence electrons. The summed E-state index contributed by atoms with van der Waals surface area (Å²) in [6.45, 7) is 2.84. The van der Waals surface area contributed by atoms with Crippen LogP contribution in [0.25, 0.3) is 0 Å². The molecule has 0 atom stereocenters. The molecule has 2 heterocycles. The lowest BCUT2D eigenvalue weighted by Crippen LogP contribution is -2.19. The fraction of sp³-hybridized carbons (Fsp3) is 0.333. The maximum atomic E-state index is 4.35. The van der Waals surface area contributed by atoms with Crippen LogP contribution in [0.4, 0.5) is 0 Å². The predicted octanol–water partition coefficient (Wildman–Crippen LogP) is 1.55. The number of hydrogen-bond acceptors (Lipinski definition) is 3. The van der Waals surface area contributed by atoms with Crippen LogP contribution in [0.5, 0.6) is 0 Å². The van der Waals surface area contributed by atoms with Crippen molar-refractivity contribution in [1.29, 1.82) is 0 Å². The molecule has 0 spiro atoms. The van der Waals surface area contributed by atoms with Gasteiger partial charge in [0.05, 0.1) is 18.5 Å². The highest BCUT2D eigenvalue weighted by atomic mass is 15.4. The summed E-state index contributed by atoms with van der Waals surface area (Å²) in [7, 11) is 0. The lowest BCUT2D eigenvalue weighted by atomic mass is 10.2. The fourth-order valence-corrected chi connectivity index (χ4v) is 1.19. The summed E-state index contributed by atoms with van der Waals surface area (Å²) in [5.74, 6) is 0. The highest BCUT2D eigenvalue weighted by molar-refractivity contribution is 5.80. The topological polar surface area (TPSA) is 28.0 Å². The third-order valence-corrected chi connectivity index (χ3v) is 1.93. The van der Waals surface area contributed by atoms with Crippen LogP contribution < -0.4 is 0 Å². The van der Waals surface area contributed by atoms with Gasteiger partial charge in [-0.15, -0.1) is 0 Å². The molecule has 12 heavy (non-hydrogen) atoms. The summed E-state index contributed by atoms with van der Waals surface area (Å²) in [5, 5.41) is 6.12. The summed E-state index contributed by atoms with van der Waals surface area (Å²) < 4.78 is 0. The van der Waals surface area contributed by atoms with E-state index in [1.165, 1.54) is 0 Å². The number of allylic oxidation sites excluding steroid dienone is 2. The zero-order chi connectivity index (χ0) is 8.39. The molecule has 2 aliphatic rings. The first kappa shape index (κ1) is 7.28. The van der Waals surface area contributed by atoms with Gasteiger partial charge in [-0.2, -0.15) is 5.10 Å². The van der Waals surface area contributed by atoms with E-state index >= 15 is 0 Å². The number of hydrogen-bond donors (Lipinski definition) is 0. The maximum absolute atomic E-state index is 4.35. The summed E-state index contributed by atoms with van der Waals surface area (Å²) >= 11 is 0. The largest absolute Gasteiger partial charge is 0.267 e. The minimum Gasteiger partial charge on any atom is -0.267 e. The molecule has 0 saturated carbocycles. The second kappa shape index (κ2) is 2.93. The minimum atomic E-state index is 0.801. The lowest BCUT2D eigenvalue weighted by Gasteiger charge is -2.20. The Morgan fingerprint density at radius 3 is 3.33 bits per heavy atom. The first-order chi connectivity index (χ1) is 5.86. The Morgan fingerprint density at radius 1 is 1.50 bits per heavy atom. The number of hydrazone groups is 1. The molecule has 0 aromatic rings. The molecule has 3 heteroatoms. The Balaban J connectivity index is 2.35. The predicted molar refractivity (Wildman–Crippen MR) is 50.1 cm³/mol. The van der Waals surface area contributed by atoms with E-state index in [1.807, 2.05) is 30.6 Å². The van der Waals surface area contributed by atoms with Crippen molar-refractivity contribution in [1.82, 2.24) is 5.01 Å². The van der Waals surface area contributed by atoms with Gasteiger partial charge in [-0.1, -0.05) is 6.08 Å². The molecule has 0 fully saturated rings. The standard InChI is InChI=1S/C9H11N3/c1-8-6-11-12-5-3-2-4-10-9(8)7-12/h3-6H,2,7H2,1H3/b5-3-,10-4?. The van der Waals surface area contributed by atoms with Crippen molar-refractivity contribution in [2.75, 3.05) is 6.54 Å². The number of rotatable bonds is 0. The van der Waals surface area contributed by atoms with E-state index in [-0.39, 0.29) is 0 Å². The van der Waals surface area contributed by atoms with Gasteiger partial charge in [-0.25, -0.2) is 0 Å². The average molecular weight is 161 g/mol. The first-order valence-electron chi connectivity index (χ1n) is 4.06. The van der Waals surface area contributed by atoms with E-state index in [0.717, 1.165) is 24.2 Å². The molecule has 0 aromatic carbocycles. The van der Waals surface area contributed by atoms with Gasteiger partial charge in [0.2, 0.25) is 0 Å². The quantitative estimate of drug-likeness (QED) is 0.529. The summed E-state index contributed by atoms with van der Waals surface area (Å²) in [4.78, 5) is 4.35. The summed E-state index contributed by atoms with van der Waals surface area (Å²) in [6, 6.07) is 0. The molecule has 0 saturated heterocycles. The third-order valence-electron chi connectivity index (χ3n) is 1.93. The van der Waals surface area contributed by atoms with E-state index in [1.54, 1.807) is 0 Å². The molecule has 0 aromatic heterocycles. The van der Waals surface area contributed by atoms with Gasteiger partial charge in [0.1, 0.15) is 0 Å². The molecular formula is C9H11N3. The highest BCUT2D eigenvalue weighted by Gasteiger charge is 2.09. The fourth-order valence-electron chi connectivity index (χ4n) is 1.19. The molecule has 0 N–H and O–H groups in total. The third kappa shape index (κ3) is 1.30. The van der Waals surface area contributed by atoms with Gasteiger partial charge in [0, 0.05) is 18.8 Å². The highest BCUT2D eigenvalue weighted by Crippen LogP contribution is 2.13. The van der Waals surface area contributed by atoms with Gasteiger partial charge < -0.3 is 0 Å². The zero-order valence-electron chi connectivity index (χ0n) is 7.07. The second-order valence-electron chi connectivity index (χ2n) is 2.90. The molecule has 3 nitrogen and oxygen atoms in total. The van der Waals surface area contributed by atoms with Crippen LogP contribution in [0.2, 0.25) is 0 Å². The first-order valence-corrected chi connectivity index (χ1v) is 4.06. The maximum Gasteiger partial charge on any atom is 0.0834 e. The van der Waals surface area contributed by atoms with Crippen LogP contribution in [-0.4, -0.2) is 24.0 Å². The molecule has 0 aliphatic carbocycles. The minimum absolute atomic E-state index is 0.801. The lowest BCUT2D eigenvalue weighted by molar-refractivity contribution is 0.425. The van der Waals surface area contributed by atoms with Crippen molar-refractivity contribution < 1.29 is 0 Å². The van der Waals surface area contributed by atoms with Gasteiger partial charge in [-0.3, -0.25) is 10.0 Å². The Bertz CT molecular complexity index is 297. The van der Waals surface area contributed by atoms with Crippen molar-refractivity contribution in [3.8, 4) is 0 Å². The number of fused-ring (bicyclic) bond motifs is 2. The molecular weight excluding hydrogens is 150 g/mol. The smallest absolute Gasteiger partial charge is 0.0834 e. The normalized spacial score (nSPS) is 23.9. The van der Waals surface area contributed by atoms with E-state index in [2.05, 4.69) is 16.2 Å². The Kier molecular flexibility index (Phi) is 1.78. The SMILES string of the molecule is CC1=C2CN(/C=C\CC=N2)N=C1. The van der Waals surface area contributed by atoms with E-state index < -0.39 is 0 Å². The van der Waals surface area contributed by atoms with Crippen LogP contribution in [0.1, 0.15) is 13.3 Å². The molecule has 0 radical (unpaired) electrons. The van der Waals surface area contributed by atoms with Crippen LogP contribution in [0.3, 0.4) is 0 Å². The molecule has 2 rings (SSSR count). The van der Waals surface area contributed by atoms with Crippen molar-refractivity contribution in [2.24, 2.45) is 10.1 Å². The van der Waals surface area contributed by atoms with E-state index in [4.69, 9.17) is 0 Å². The van der Waals surface area contributed by atoms with Crippen LogP contribution in [0.15, 0.2) is 33.6 Å². The Morgan fingerprint density at radius 2 is 2.42 bits per heavy atom. The number of nitrogens with zero attached hydrogens (tertiary/aromatic N) is 3. The molecule has 2 aliphatic heterocycles. The van der Waals surface area contributed by atoms with Gasteiger partial charge in [-0.05, 0) is 12.5 Å². The zero-order valence-corrected chi connectivity index (χ0v) is 7.07. The van der Waals surface area contributed by atoms with Crippen LogP contribution in [-0.2, 0) is 0 Å². The van der Waals surface area contributed by atoms with Crippen LogP contribution in [0, 0.1) is 0 Å². The van der Waals surface area contributed by atoms with Crippen molar-refractivity contribution >= 4 is 12.4 Å². The van der Waals surface area contributed by atoms with E-state index in [9.17, 15) is 0 Å². The van der Waals surface area contributed by atoms with Crippen molar-refractivity contribution in [3.05, 3.63) is 23.5 Å². The monoisotopic (exact) mass is 161 g/mol. The Hall–Kier alpha value is -1.38. The van der Waals surface area contributed by atoms with Crippen molar-refractivity contribution in [3.63, 3.8) is 0 Å². The number of aliphatic imine (C=N–C) groups is 1. The van der Waals surface area contributed by atoms with Gasteiger partial charge in [0.15, 0.2) is 0 Å². The average Bonchev–Trinajstić information content (AvgIpc) is 2.03. The van der Waals surface area contributed by atoms with Gasteiger partial charge in [0.25, 0.3) is 0 Å². The van der Waals surface area contributed by atoms with Gasteiger partial charge >= 0.3 is 0 Å². The summed E-state index contributed by atoms with van der Waals surface area (Å²) in [6.07, 6.45) is 8.73. The summed E-state index contributed by atoms with van der Waals surface area (Å²) in [5.41, 5.74) is 2.28. The van der Waals surface area contributed by atoms with Crippen molar-refractivity contribution in [2.45, 2.75) is 13.3 Å². The van der Waals surface area contributed by atoms with E-state index in [0.29, 0.717) is 0 Å². The molecule has 2 bridgehead atoms. The molecule has 0 amide bonds. The molecule has 0 unspecified atom stereocenters.